The fraction of sp³-hybridized carbons (Fsp3) is 0.600. The van der Waals surface area contributed by atoms with Crippen LogP contribution in [0.15, 0.2) is 18.2 Å². The van der Waals surface area contributed by atoms with Gasteiger partial charge in [0.15, 0.2) is 0 Å². The molecule has 1 aliphatic carbocycles. The third-order valence-electron chi connectivity index (χ3n) is 4.29. The van der Waals surface area contributed by atoms with Crippen LogP contribution < -0.4 is 11.3 Å². The lowest BCUT2D eigenvalue weighted by Crippen LogP contribution is -2.36. The van der Waals surface area contributed by atoms with Crippen molar-refractivity contribution in [3.05, 3.63) is 35.1 Å². The zero-order valence-electron chi connectivity index (χ0n) is 11.9. The highest BCUT2D eigenvalue weighted by Gasteiger charge is 2.34. The zero-order valence-corrected chi connectivity index (χ0v) is 11.9. The van der Waals surface area contributed by atoms with E-state index < -0.39 is 23.6 Å². The number of nitrogens with one attached hydrogen (secondary N) is 1. The Kier molecular flexibility index (Phi) is 4.88. The van der Waals surface area contributed by atoms with E-state index in [2.05, 4.69) is 12.3 Å². The molecule has 0 radical (unpaired) electrons. The Hall–Kier alpha value is -1.14. The van der Waals surface area contributed by atoms with Crippen molar-refractivity contribution in [2.75, 3.05) is 0 Å². The molecule has 1 aliphatic rings. The average Bonchev–Trinajstić information content (AvgIpc) is 2.40. The lowest BCUT2D eigenvalue weighted by Gasteiger charge is -2.33. The first kappa shape index (κ1) is 16.2. The Balaban J connectivity index is 2.32. The first-order valence-electron chi connectivity index (χ1n) is 7.15. The summed E-state index contributed by atoms with van der Waals surface area (Å²) in [5, 5.41) is 0. The fourth-order valence-electron chi connectivity index (χ4n) is 3.22. The van der Waals surface area contributed by atoms with Crippen LogP contribution >= 0.6 is 0 Å². The van der Waals surface area contributed by atoms with Gasteiger partial charge < -0.3 is 0 Å². The van der Waals surface area contributed by atoms with Gasteiger partial charge in [-0.25, -0.2) is 4.39 Å². The minimum atomic E-state index is -4.48. The molecule has 0 aliphatic heterocycles. The lowest BCUT2D eigenvalue weighted by atomic mass is 9.76. The second-order valence-corrected chi connectivity index (χ2v) is 5.91. The third kappa shape index (κ3) is 3.74. The first-order valence-corrected chi connectivity index (χ1v) is 7.15. The van der Waals surface area contributed by atoms with Crippen LogP contribution in [0, 0.1) is 17.7 Å². The predicted molar refractivity (Wildman–Crippen MR) is 72.6 cm³/mol. The van der Waals surface area contributed by atoms with Crippen LogP contribution in [0.4, 0.5) is 17.6 Å². The molecular formula is C15H20F4N2. The van der Waals surface area contributed by atoms with Gasteiger partial charge >= 0.3 is 6.18 Å². The van der Waals surface area contributed by atoms with Gasteiger partial charge in [0.2, 0.25) is 0 Å². The minimum Gasteiger partial charge on any atom is -0.271 e. The number of benzene rings is 1. The second-order valence-electron chi connectivity index (χ2n) is 5.91. The fourth-order valence-corrected chi connectivity index (χ4v) is 3.22. The average molecular weight is 304 g/mol. The van der Waals surface area contributed by atoms with Crippen LogP contribution in [0.25, 0.3) is 0 Å². The molecule has 1 aromatic rings. The molecule has 1 saturated carbocycles. The van der Waals surface area contributed by atoms with Gasteiger partial charge in [-0.15, -0.1) is 0 Å². The molecule has 1 aromatic carbocycles. The van der Waals surface area contributed by atoms with Crippen molar-refractivity contribution < 1.29 is 17.6 Å². The summed E-state index contributed by atoms with van der Waals surface area (Å²) in [7, 11) is 0. The summed E-state index contributed by atoms with van der Waals surface area (Å²) < 4.78 is 52.4. The van der Waals surface area contributed by atoms with Gasteiger partial charge in [-0.3, -0.25) is 11.3 Å². The molecule has 3 atom stereocenters. The van der Waals surface area contributed by atoms with Gasteiger partial charge in [-0.1, -0.05) is 19.8 Å². The van der Waals surface area contributed by atoms with Crippen LogP contribution in [-0.2, 0) is 6.18 Å². The Morgan fingerprint density at radius 2 is 2.00 bits per heavy atom. The lowest BCUT2D eigenvalue weighted by molar-refractivity contribution is -0.137. The number of nitrogens with two attached hydrogens (primary N) is 1. The maximum atomic E-state index is 14.0. The number of halogens is 4. The minimum absolute atomic E-state index is 0.00595. The first-order chi connectivity index (χ1) is 9.82. The molecule has 2 nitrogen and oxygen atoms in total. The molecule has 21 heavy (non-hydrogen) atoms. The van der Waals surface area contributed by atoms with E-state index >= 15 is 0 Å². The Bertz CT molecular complexity index is 487. The zero-order chi connectivity index (χ0) is 15.6. The van der Waals surface area contributed by atoms with Gasteiger partial charge in [0, 0.05) is 5.56 Å². The molecule has 6 heteroatoms. The molecule has 3 N–H and O–H groups in total. The molecule has 1 fully saturated rings. The van der Waals surface area contributed by atoms with Crippen LogP contribution in [0.1, 0.15) is 49.8 Å². The number of hydrogen-bond acceptors (Lipinski definition) is 2. The molecule has 0 amide bonds. The van der Waals surface area contributed by atoms with Crippen molar-refractivity contribution in [1.82, 2.24) is 5.43 Å². The normalized spacial score (nSPS) is 24.9. The summed E-state index contributed by atoms with van der Waals surface area (Å²) in [6, 6.07) is 1.92. The van der Waals surface area contributed by atoms with Crippen molar-refractivity contribution in [2.24, 2.45) is 17.7 Å². The van der Waals surface area contributed by atoms with Gasteiger partial charge in [-0.2, -0.15) is 13.2 Å². The van der Waals surface area contributed by atoms with E-state index in [0.29, 0.717) is 5.92 Å². The Labute approximate surface area is 121 Å². The monoisotopic (exact) mass is 304 g/mol. The SMILES string of the molecule is CC1CCCC(C(NN)c2cc(C(F)(F)F)ccc2F)C1. The summed E-state index contributed by atoms with van der Waals surface area (Å²) >= 11 is 0. The second kappa shape index (κ2) is 6.32. The predicted octanol–water partition coefficient (Wildman–Crippen LogP) is 4.18. The highest BCUT2D eigenvalue weighted by Crippen LogP contribution is 2.39. The van der Waals surface area contributed by atoms with Gasteiger partial charge in [-0.05, 0) is 42.9 Å². The van der Waals surface area contributed by atoms with E-state index in [1.807, 2.05) is 0 Å². The molecule has 0 bridgehead atoms. The topological polar surface area (TPSA) is 38.0 Å². The molecule has 0 saturated heterocycles. The Morgan fingerprint density at radius 1 is 1.29 bits per heavy atom. The molecule has 2 rings (SSSR count). The summed E-state index contributed by atoms with van der Waals surface area (Å²) in [5.41, 5.74) is 1.68. The maximum absolute atomic E-state index is 14.0. The highest BCUT2D eigenvalue weighted by atomic mass is 19.4. The van der Waals surface area contributed by atoms with Crippen molar-refractivity contribution in [2.45, 2.75) is 44.8 Å². The van der Waals surface area contributed by atoms with E-state index in [0.717, 1.165) is 43.9 Å². The van der Waals surface area contributed by atoms with Crippen LogP contribution in [0.5, 0.6) is 0 Å². The summed E-state index contributed by atoms with van der Waals surface area (Å²) in [6.45, 7) is 2.10. The van der Waals surface area contributed by atoms with E-state index in [9.17, 15) is 17.6 Å². The largest absolute Gasteiger partial charge is 0.416 e. The maximum Gasteiger partial charge on any atom is 0.416 e. The molecular weight excluding hydrogens is 284 g/mol. The van der Waals surface area contributed by atoms with Gasteiger partial charge in [0.05, 0.1) is 11.6 Å². The molecule has 3 unspecified atom stereocenters. The van der Waals surface area contributed by atoms with E-state index in [4.69, 9.17) is 5.84 Å². The summed E-state index contributed by atoms with van der Waals surface area (Å²) in [5.74, 6) is 5.39. The summed E-state index contributed by atoms with van der Waals surface area (Å²) in [4.78, 5) is 0. The molecule has 0 spiro atoms. The van der Waals surface area contributed by atoms with E-state index in [1.54, 1.807) is 0 Å². The number of rotatable bonds is 3. The van der Waals surface area contributed by atoms with Gasteiger partial charge in [0.1, 0.15) is 5.82 Å². The standard InChI is InChI=1S/C15H20F4N2/c1-9-3-2-4-10(7-9)14(21-20)12-8-11(15(17,18)19)5-6-13(12)16/h5-6,8-10,14,21H,2-4,7,20H2,1H3. The Morgan fingerprint density at radius 3 is 2.57 bits per heavy atom. The smallest absolute Gasteiger partial charge is 0.271 e. The summed E-state index contributed by atoms with van der Waals surface area (Å²) in [6.07, 6.45) is -0.718. The van der Waals surface area contributed by atoms with Crippen molar-refractivity contribution in [1.29, 1.82) is 0 Å². The number of hydrazine groups is 1. The quantitative estimate of drug-likeness (QED) is 0.499. The van der Waals surface area contributed by atoms with Crippen LogP contribution in [-0.4, -0.2) is 0 Å². The number of hydrogen-bond donors (Lipinski definition) is 2. The van der Waals surface area contributed by atoms with Crippen molar-refractivity contribution in [3.63, 3.8) is 0 Å². The molecule has 0 aromatic heterocycles. The van der Waals surface area contributed by atoms with E-state index in [1.165, 1.54) is 0 Å². The molecule has 0 heterocycles. The number of alkyl halides is 3. The highest BCUT2D eigenvalue weighted by molar-refractivity contribution is 5.30. The van der Waals surface area contributed by atoms with Crippen molar-refractivity contribution in [3.8, 4) is 0 Å². The van der Waals surface area contributed by atoms with Crippen LogP contribution in [0.3, 0.4) is 0 Å². The van der Waals surface area contributed by atoms with E-state index in [-0.39, 0.29) is 11.5 Å². The third-order valence-corrected chi connectivity index (χ3v) is 4.29. The van der Waals surface area contributed by atoms with Gasteiger partial charge in [0.25, 0.3) is 0 Å². The van der Waals surface area contributed by atoms with Crippen LogP contribution in [0.2, 0.25) is 0 Å². The molecule has 118 valence electrons. The van der Waals surface area contributed by atoms with Crippen molar-refractivity contribution >= 4 is 0 Å².